The molecule has 2 aromatic heterocycles. The molecule has 1 aliphatic rings. The molecule has 6 heteroatoms. The van der Waals surface area contributed by atoms with Crippen LogP contribution in [0.1, 0.15) is 41.9 Å². The first-order valence-corrected chi connectivity index (χ1v) is 7.66. The molecule has 0 amide bonds. The molecule has 0 spiro atoms. The van der Waals surface area contributed by atoms with Crippen molar-refractivity contribution in [3.63, 3.8) is 0 Å². The lowest BCUT2D eigenvalue weighted by atomic mass is 9.97. The molecule has 22 heavy (non-hydrogen) atoms. The summed E-state index contributed by atoms with van der Waals surface area (Å²) in [5, 5.41) is 0. The minimum absolute atomic E-state index is 0.314. The van der Waals surface area contributed by atoms with Crippen molar-refractivity contribution in [3.05, 3.63) is 42.1 Å². The van der Waals surface area contributed by atoms with Gasteiger partial charge in [-0.1, -0.05) is 0 Å². The largest absolute Gasteiger partial charge is 0.462 e. The lowest BCUT2D eigenvalue weighted by Gasteiger charge is -2.33. The average molecular weight is 300 g/mol. The first kappa shape index (κ1) is 14.6. The third kappa shape index (κ3) is 2.95. The highest BCUT2D eigenvalue weighted by Crippen LogP contribution is 2.29. The monoisotopic (exact) mass is 300 g/mol. The molecule has 1 saturated heterocycles. The van der Waals surface area contributed by atoms with Gasteiger partial charge in [0, 0.05) is 37.6 Å². The van der Waals surface area contributed by atoms with Crippen LogP contribution >= 0.6 is 0 Å². The van der Waals surface area contributed by atoms with E-state index < -0.39 is 0 Å². The maximum absolute atomic E-state index is 12.1. The molecule has 1 unspecified atom stereocenters. The summed E-state index contributed by atoms with van der Waals surface area (Å²) in [5.74, 6) is 1.72. The van der Waals surface area contributed by atoms with Crippen LogP contribution in [-0.4, -0.2) is 40.6 Å². The van der Waals surface area contributed by atoms with E-state index in [1.807, 2.05) is 13.1 Å². The Morgan fingerprint density at radius 2 is 2.36 bits per heavy atom. The third-order valence-electron chi connectivity index (χ3n) is 3.91. The first-order chi connectivity index (χ1) is 10.8. The number of carbonyl (C=O) groups excluding carboxylic acids is 1. The van der Waals surface area contributed by atoms with E-state index in [-0.39, 0.29) is 5.97 Å². The number of esters is 1. The highest BCUT2D eigenvalue weighted by atomic mass is 16.5. The van der Waals surface area contributed by atoms with Crippen molar-refractivity contribution in [1.29, 1.82) is 0 Å². The Labute approximate surface area is 129 Å². The minimum atomic E-state index is -0.314. The molecule has 0 saturated carbocycles. The minimum Gasteiger partial charge on any atom is -0.462 e. The Morgan fingerprint density at radius 3 is 3.14 bits per heavy atom. The predicted molar refractivity (Wildman–Crippen MR) is 83.0 cm³/mol. The molecule has 2 aromatic rings. The Balaban J connectivity index is 1.83. The molecular formula is C16H20N4O2. The molecule has 3 heterocycles. The number of ether oxygens (including phenoxy) is 1. The summed E-state index contributed by atoms with van der Waals surface area (Å²) in [6.07, 6.45) is 7.47. The lowest BCUT2D eigenvalue weighted by Crippen LogP contribution is -2.36. The Hall–Kier alpha value is -2.37. The summed E-state index contributed by atoms with van der Waals surface area (Å²) in [7, 11) is 0. The number of hydrogen-bond acceptors (Lipinski definition) is 5. The van der Waals surface area contributed by atoms with Crippen LogP contribution in [0.5, 0.6) is 0 Å². The first-order valence-electron chi connectivity index (χ1n) is 7.66. The van der Waals surface area contributed by atoms with Crippen molar-refractivity contribution >= 4 is 11.8 Å². The lowest BCUT2D eigenvalue weighted by molar-refractivity contribution is 0.0526. The van der Waals surface area contributed by atoms with Crippen LogP contribution in [-0.2, 0) is 4.74 Å². The quantitative estimate of drug-likeness (QED) is 0.878. The van der Waals surface area contributed by atoms with Crippen LogP contribution in [0.4, 0.5) is 5.82 Å². The number of H-pyrrole nitrogens is 1. The summed E-state index contributed by atoms with van der Waals surface area (Å²) in [4.78, 5) is 26.2. The number of nitrogens with one attached hydrogen (secondary N) is 1. The van der Waals surface area contributed by atoms with Gasteiger partial charge >= 0.3 is 5.97 Å². The van der Waals surface area contributed by atoms with Crippen LogP contribution in [0.25, 0.3) is 0 Å². The second kappa shape index (κ2) is 6.60. The highest BCUT2D eigenvalue weighted by Gasteiger charge is 2.26. The number of aromatic amines is 1. The van der Waals surface area contributed by atoms with Crippen molar-refractivity contribution in [2.75, 3.05) is 24.6 Å². The van der Waals surface area contributed by atoms with E-state index in [9.17, 15) is 4.79 Å². The fourth-order valence-corrected chi connectivity index (χ4v) is 2.91. The standard InChI is InChI=1S/C16H20N4O2/c1-2-22-16(21)13-6-3-7-19-15(13)20-10-4-5-12(11-20)14-17-8-9-18-14/h3,6-9,12H,2,4-5,10-11H2,1H3,(H,17,18). The van der Waals surface area contributed by atoms with Gasteiger partial charge in [-0.15, -0.1) is 0 Å². The summed E-state index contributed by atoms with van der Waals surface area (Å²) in [6.45, 7) is 3.86. The molecule has 1 aliphatic heterocycles. The van der Waals surface area contributed by atoms with Crippen molar-refractivity contribution in [1.82, 2.24) is 15.0 Å². The molecule has 0 aliphatic carbocycles. The van der Waals surface area contributed by atoms with Gasteiger partial charge in [-0.2, -0.15) is 0 Å². The number of anilines is 1. The molecule has 1 fully saturated rings. The smallest absolute Gasteiger partial charge is 0.341 e. The number of hydrogen-bond donors (Lipinski definition) is 1. The van der Waals surface area contributed by atoms with Crippen molar-refractivity contribution in [2.45, 2.75) is 25.7 Å². The van der Waals surface area contributed by atoms with E-state index in [1.54, 1.807) is 24.5 Å². The molecule has 0 bridgehead atoms. The summed E-state index contributed by atoms with van der Waals surface area (Å²) in [5.41, 5.74) is 0.532. The van der Waals surface area contributed by atoms with Crippen LogP contribution in [0, 0.1) is 0 Å². The van der Waals surface area contributed by atoms with E-state index >= 15 is 0 Å². The zero-order chi connectivity index (χ0) is 15.4. The zero-order valence-corrected chi connectivity index (χ0v) is 12.7. The molecular weight excluding hydrogens is 280 g/mol. The molecule has 6 nitrogen and oxygen atoms in total. The van der Waals surface area contributed by atoms with Gasteiger partial charge in [0.05, 0.1) is 6.61 Å². The van der Waals surface area contributed by atoms with Crippen LogP contribution in [0.15, 0.2) is 30.7 Å². The molecule has 116 valence electrons. The van der Waals surface area contributed by atoms with Gasteiger partial charge in [0.25, 0.3) is 0 Å². The number of nitrogens with zero attached hydrogens (tertiary/aromatic N) is 3. The predicted octanol–water partition coefficient (Wildman–Crippen LogP) is 2.37. The summed E-state index contributed by atoms with van der Waals surface area (Å²) >= 11 is 0. The Bertz CT molecular complexity index is 627. The number of pyridine rings is 1. The van der Waals surface area contributed by atoms with Crippen LogP contribution < -0.4 is 4.90 Å². The second-order valence-electron chi connectivity index (χ2n) is 5.35. The van der Waals surface area contributed by atoms with Gasteiger partial charge in [0.15, 0.2) is 0 Å². The maximum Gasteiger partial charge on any atom is 0.341 e. The molecule has 3 rings (SSSR count). The summed E-state index contributed by atoms with van der Waals surface area (Å²) in [6, 6.07) is 3.54. The normalized spacial score (nSPS) is 18.2. The molecule has 1 atom stereocenters. The third-order valence-corrected chi connectivity index (χ3v) is 3.91. The van der Waals surface area contributed by atoms with Crippen molar-refractivity contribution in [3.8, 4) is 0 Å². The van der Waals surface area contributed by atoms with Crippen LogP contribution in [0.3, 0.4) is 0 Å². The van der Waals surface area contributed by atoms with Gasteiger partial charge in [0.2, 0.25) is 0 Å². The maximum atomic E-state index is 12.1. The van der Waals surface area contributed by atoms with Gasteiger partial charge in [-0.3, -0.25) is 0 Å². The van der Waals surface area contributed by atoms with Crippen molar-refractivity contribution < 1.29 is 9.53 Å². The SMILES string of the molecule is CCOC(=O)c1cccnc1N1CCCC(c2ncc[nH]2)C1. The van der Waals surface area contributed by atoms with Gasteiger partial charge in [0.1, 0.15) is 17.2 Å². The Morgan fingerprint density at radius 1 is 1.45 bits per heavy atom. The van der Waals surface area contributed by atoms with Gasteiger partial charge in [-0.05, 0) is 31.9 Å². The number of aromatic nitrogens is 3. The molecule has 0 radical (unpaired) electrons. The second-order valence-corrected chi connectivity index (χ2v) is 5.35. The fourth-order valence-electron chi connectivity index (χ4n) is 2.91. The van der Waals surface area contributed by atoms with Crippen molar-refractivity contribution in [2.24, 2.45) is 0 Å². The van der Waals surface area contributed by atoms with Gasteiger partial charge in [-0.25, -0.2) is 14.8 Å². The Kier molecular flexibility index (Phi) is 4.37. The number of imidazole rings is 1. The van der Waals surface area contributed by atoms with Gasteiger partial charge < -0.3 is 14.6 Å². The number of piperidine rings is 1. The molecule has 0 aromatic carbocycles. The van der Waals surface area contributed by atoms with E-state index in [0.29, 0.717) is 23.9 Å². The van der Waals surface area contributed by atoms with Crippen LogP contribution in [0.2, 0.25) is 0 Å². The van der Waals surface area contributed by atoms with E-state index in [2.05, 4.69) is 19.9 Å². The topological polar surface area (TPSA) is 71.1 Å². The average Bonchev–Trinajstić information content (AvgIpc) is 3.10. The van der Waals surface area contributed by atoms with E-state index in [0.717, 1.165) is 31.8 Å². The number of rotatable bonds is 4. The fraction of sp³-hybridized carbons (Fsp3) is 0.438. The summed E-state index contributed by atoms with van der Waals surface area (Å²) < 4.78 is 5.13. The van der Waals surface area contributed by atoms with E-state index in [1.165, 1.54) is 0 Å². The molecule has 1 N–H and O–H groups in total. The zero-order valence-electron chi connectivity index (χ0n) is 12.7. The van der Waals surface area contributed by atoms with E-state index in [4.69, 9.17) is 4.74 Å². The highest BCUT2D eigenvalue weighted by molar-refractivity contribution is 5.94. The number of carbonyl (C=O) groups is 1.